The van der Waals surface area contributed by atoms with Crippen molar-refractivity contribution in [2.24, 2.45) is 5.92 Å². The summed E-state index contributed by atoms with van der Waals surface area (Å²) in [6, 6.07) is 20.9. The van der Waals surface area contributed by atoms with Crippen LogP contribution in [0.25, 0.3) is 38.9 Å². The van der Waals surface area contributed by atoms with Crippen molar-refractivity contribution in [3.63, 3.8) is 0 Å². The van der Waals surface area contributed by atoms with Crippen LogP contribution in [0.2, 0.25) is 0 Å². The Kier molecular flexibility index (Phi) is 5.89. The molecule has 0 unspecified atom stereocenters. The highest BCUT2D eigenvalue weighted by Gasteiger charge is 2.35. The number of rotatable bonds is 7. The van der Waals surface area contributed by atoms with Crippen molar-refractivity contribution >= 4 is 22.2 Å². The van der Waals surface area contributed by atoms with Crippen LogP contribution in [0.5, 0.6) is 0 Å². The second-order valence-electron chi connectivity index (χ2n) is 9.84. The predicted molar refractivity (Wildman–Crippen MR) is 147 cm³/mol. The van der Waals surface area contributed by atoms with Gasteiger partial charge in [0.2, 0.25) is 0 Å². The Morgan fingerprint density at radius 2 is 1.72 bits per heavy atom. The van der Waals surface area contributed by atoms with Crippen LogP contribution in [0.15, 0.2) is 73.1 Å². The van der Waals surface area contributed by atoms with Gasteiger partial charge in [-0.25, -0.2) is 15.0 Å². The van der Waals surface area contributed by atoms with Gasteiger partial charge in [0.25, 0.3) is 0 Å². The van der Waals surface area contributed by atoms with E-state index in [4.69, 9.17) is 15.7 Å². The van der Waals surface area contributed by atoms with Crippen molar-refractivity contribution in [2.45, 2.75) is 32.6 Å². The van der Waals surface area contributed by atoms with Gasteiger partial charge >= 0.3 is 0 Å². The topological polar surface area (TPSA) is 72.3 Å². The maximum absolute atomic E-state index is 6.42. The van der Waals surface area contributed by atoms with E-state index in [1.54, 1.807) is 6.20 Å². The molecule has 2 N–H and O–H groups in total. The molecule has 36 heavy (non-hydrogen) atoms. The van der Waals surface area contributed by atoms with E-state index in [9.17, 15) is 0 Å². The zero-order valence-electron chi connectivity index (χ0n) is 20.9. The molecule has 6 nitrogen and oxygen atoms in total. The van der Waals surface area contributed by atoms with E-state index >= 15 is 0 Å². The minimum Gasteiger partial charge on any atom is -0.382 e. The molecule has 2 aromatic carbocycles. The number of hydrogen-bond acceptors (Lipinski definition) is 5. The van der Waals surface area contributed by atoms with E-state index in [0.717, 1.165) is 76.6 Å². The van der Waals surface area contributed by atoms with E-state index in [0.29, 0.717) is 11.7 Å². The van der Waals surface area contributed by atoms with Crippen LogP contribution in [0.4, 0.5) is 5.82 Å². The molecule has 5 aromatic rings. The highest BCUT2D eigenvalue weighted by atomic mass is 15.1. The highest BCUT2D eigenvalue weighted by Crippen LogP contribution is 2.43. The van der Waals surface area contributed by atoms with Crippen molar-refractivity contribution < 1.29 is 0 Å². The third-order valence-corrected chi connectivity index (χ3v) is 7.66. The van der Waals surface area contributed by atoms with Gasteiger partial charge in [-0.1, -0.05) is 62.4 Å². The molecule has 0 amide bonds. The average Bonchev–Trinajstić information content (AvgIpc) is 3.28. The van der Waals surface area contributed by atoms with E-state index in [-0.39, 0.29) is 0 Å². The number of hydrogen-bond donors (Lipinski definition) is 1. The number of nitrogens with zero attached hydrogens (tertiary/aromatic N) is 5. The van der Waals surface area contributed by atoms with E-state index in [1.807, 2.05) is 24.4 Å². The van der Waals surface area contributed by atoms with Crippen molar-refractivity contribution in [2.75, 3.05) is 25.4 Å². The highest BCUT2D eigenvalue weighted by molar-refractivity contribution is 5.91. The van der Waals surface area contributed by atoms with Crippen molar-refractivity contribution in [3.05, 3.63) is 78.9 Å². The number of pyridine rings is 1. The molecule has 1 aliphatic rings. The molecule has 0 aliphatic heterocycles. The molecule has 1 saturated carbocycles. The number of aromatic nitrogens is 4. The van der Waals surface area contributed by atoms with Gasteiger partial charge in [-0.2, -0.15) is 0 Å². The van der Waals surface area contributed by atoms with E-state index in [1.165, 1.54) is 6.54 Å². The van der Waals surface area contributed by atoms with Gasteiger partial charge in [-0.15, -0.1) is 0 Å². The van der Waals surface area contributed by atoms with Gasteiger partial charge in [0.1, 0.15) is 22.9 Å². The van der Waals surface area contributed by atoms with Crippen molar-refractivity contribution in [1.82, 2.24) is 24.3 Å². The van der Waals surface area contributed by atoms with Crippen LogP contribution in [0, 0.1) is 5.92 Å². The quantitative estimate of drug-likeness (QED) is 0.311. The Hall–Kier alpha value is -3.77. The SMILES string of the molecule is CCN(CC)CC1CC(c2nc(-c3ccc4ccc(-c5ccccc5)nc4c3)c3c(N)nccn23)C1. The smallest absolute Gasteiger partial charge is 0.150 e. The standard InChI is InChI=1S/C30H32N6/c1-3-35(4-2)19-20-16-24(17-20)30-34-27(28-29(31)32-14-15-36(28)30)23-11-10-22-12-13-25(33-26(22)18-23)21-8-6-5-7-9-21/h5-15,18,20,24H,3-4,16-17,19H2,1-2H3,(H2,31,32). The summed E-state index contributed by atoms with van der Waals surface area (Å²) in [6.07, 6.45) is 6.10. The summed E-state index contributed by atoms with van der Waals surface area (Å²) < 4.78 is 2.16. The Morgan fingerprint density at radius 3 is 2.50 bits per heavy atom. The van der Waals surface area contributed by atoms with Crippen LogP contribution in [-0.4, -0.2) is 43.9 Å². The molecule has 6 heteroatoms. The van der Waals surface area contributed by atoms with E-state index < -0.39 is 0 Å². The number of anilines is 1. The first kappa shape index (κ1) is 22.7. The summed E-state index contributed by atoms with van der Waals surface area (Å²) >= 11 is 0. The Labute approximate surface area is 211 Å². The zero-order chi connectivity index (χ0) is 24.6. The van der Waals surface area contributed by atoms with Gasteiger partial charge < -0.3 is 10.6 Å². The average molecular weight is 477 g/mol. The van der Waals surface area contributed by atoms with Crippen LogP contribution in [0.1, 0.15) is 38.4 Å². The number of fused-ring (bicyclic) bond motifs is 2. The molecular weight excluding hydrogens is 444 g/mol. The molecule has 3 heterocycles. The maximum atomic E-state index is 6.42. The minimum atomic E-state index is 0.442. The molecule has 0 radical (unpaired) electrons. The Bertz CT molecular complexity index is 1510. The summed E-state index contributed by atoms with van der Waals surface area (Å²) in [6.45, 7) is 7.87. The fraction of sp³-hybridized carbons (Fsp3) is 0.300. The maximum Gasteiger partial charge on any atom is 0.150 e. The first-order valence-electron chi connectivity index (χ1n) is 13.0. The molecule has 0 atom stereocenters. The summed E-state index contributed by atoms with van der Waals surface area (Å²) in [5.41, 5.74) is 12.2. The summed E-state index contributed by atoms with van der Waals surface area (Å²) in [7, 11) is 0. The first-order chi connectivity index (χ1) is 17.6. The molecule has 182 valence electrons. The lowest BCUT2D eigenvalue weighted by Crippen LogP contribution is -2.35. The number of nitrogens with two attached hydrogens (primary N) is 1. The molecule has 1 fully saturated rings. The monoisotopic (exact) mass is 476 g/mol. The Balaban J connectivity index is 1.37. The predicted octanol–water partition coefficient (Wildman–Crippen LogP) is 6.03. The minimum absolute atomic E-state index is 0.442. The van der Waals surface area contributed by atoms with Crippen molar-refractivity contribution in [1.29, 1.82) is 0 Å². The fourth-order valence-electron chi connectivity index (χ4n) is 5.55. The zero-order valence-corrected chi connectivity index (χ0v) is 20.9. The van der Waals surface area contributed by atoms with Crippen LogP contribution < -0.4 is 5.73 Å². The molecular formula is C30H32N6. The number of imidazole rings is 1. The van der Waals surface area contributed by atoms with Gasteiger partial charge in [-0.05, 0) is 44.0 Å². The summed E-state index contributed by atoms with van der Waals surface area (Å²) in [4.78, 5) is 17.1. The lowest BCUT2D eigenvalue weighted by molar-refractivity contribution is 0.164. The lowest BCUT2D eigenvalue weighted by Gasteiger charge is -2.37. The molecule has 3 aromatic heterocycles. The molecule has 0 spiro atoms. The molecule has 1 aliphatic carbocycles. The lowest BCUT2D eigenvalue weighted by atomic mass is 9.74. The fourth-order valence-corrected chi connectivity index (χ4v) is 5.55. The van der Waals surface area contributed by atoms with Gasteiger partial charge in [-0.3, -0.25) is 4.40 Å². The Morgan fingerprint density at radius 1 is 0.944 bits per heavy atom. The molecule has 6 rings (SSSR count). The van der Waals surface area contributed by atoms with Gasteiger partial charge in [0, 0.05) is 41.4 Å². The van der Waals surface area contributed by atoms with Gasteiger partial charge in [0.15, 0.2) is 0 Å². The normalized spacial score (nSPS) is 17.6. The van der Waals surface area contributed by atoms with E-state index in [2.05, 4.69) is 70.6 Å². The van der Waals surface area contributed by atoms with Crippen LogP contribution in [0.3, 0.4) is 0 Å². The third-order valence-electron chi connectivity index (χ3n) is 7.66. The second kappa shape index (κ2) is 9.36. The molecule has 0 bridgehead atoms. The number of nitrogen functional groups attached to an aromatic ring is 1. The van der Waals surface area contributed by atoms with Crippen LogP contribution in [-0.2, 0) is 0 Å². The summed E-state index contributed by atoms with van der Waals surface area (Å²) in [5.74, 6) is 2.77. The van der Waals surface area contributed by atoms with Gasteiger partial charge in [0.05, 0.1) is 11.2 Å². The molecule has 0 saturated heterocycles. The second-order valence-corrected chi connectivity index (χ2v) is 9.84. The largest absolute Gasteiger partial charge is 0.382 e. The first-order valence-corrected chi connectivity index (χ1v) is 13.0. The summed E-state index contributed by atoms with van der Waals surface area (Å²) in [5, 5.41) is 1.10. The van der Waals surface area contributed by atoms with Crippen LogP contribution >= 0.6 is 0 Å². The van der Waals surface area contributed by atoms with Crippen molar-refractivity contribution in [3.8, 4) is 22.5 Å². The number of benzene rings is 2. The third kappa shape index (κ3) is 4.01.